The van der Waals surface area contributed by atoms with Crippen molar-refractivity contribution < 1.29 is 9.18 Å². The van der Waals surface area contributed by atoms with E-state index in [9.17, 15) is 9.18 Å². The van der Waals surface area contributed by atoms with Crippen molar-refractivity contribution in [2.24, 2.45) is 0 Å². The minimum Gasteiger partial charge on any atom is -0.340 e. The number of amides is 1. The van der Waals surface area contributed by atoms with Gasteiger partial charge in [-0.1, -0.05) is 11.6 Å². The normalized spacial score (nSPS) is 10.9. The van der Waals surface area contributed by atoms with Crippen LogP contribution in [0.5, 0.6) is 0 Å². The maximum absolute atomic E-state index is 13.3. The smallest absolute Gasteiger partial charge is 0.272 e. The van der Waals surface area contributed by atoms with Crippen molar-refractivity contribution in [2.75, 3.05) is 5.32 Å². The Labute approximate surface area is 129 Å². The molecule has 0 bridgehead atoms. The highest BCUT2D eigenvalue weighted by Gasteiger charge is 2.15. The first-order valence-electron chi connectivity index (χ1n) is 6.02. The topological polar surface area (TPSA) is 34.0 Å². The maximum atomic E-state index is 13.3. The van der Waals surface area contributed by atoms with E-state index in [1.54, 1.807) is 12.1 Å². The van der Waals surface area contributed by atoms with E-state index >= 15 is 0 Å². The van der Waals surface area contributed by atoms with Crippen molar-refractivity contribution in [3.63, 3.8) is 0 Å². The Bertz CT molecular complexity index is 655. The minimum absolute atomic E-state index is 0.0244. The van der Waals surface area contributed by atoms with Gasteiger partial charge in [0.2, 0.25) is 0 Å². The molecule has 0 saturated heterocycles. The van der Waals surface area contributed by atoms with Crippen LogP contribution in [0, 0.1) is 5.82 Å². The molecule has 0 unspecified atom stereocenters. The van der Waals surface area contributed by atoms with Crippen LogP contribution in [0.25, 0.3) is 0 Å². The Hall–Kier alpha value is -1.33. The molecule has 1 aromatic heterocycles. The summed E-state index contributed by atoms with van der Waals surface area (Å²) in [6.07, 6.45) is 1.84. The Morgan fingerprint density at radius 1 is 1.40 bits per heavy atom. The molecule has 1 heterocycles. The highest BCUT2D eigenvalue weighted by atomic mass is 79.9. The first kappa shape index (κ1) is 15.1. The second-order valence-electron chi connectivity index (χ2n) is 4.63. The number of anilines is 1. The van der Waals surface area contributed by atoms with Crippen molar-refractivity contribution in [3.8, 4) is 0 Å². The van der Waals surface area contributed by atoms with E-state index in [1.165, 1.54) is 12.1 Å². The molecular formula is C14H13BrClFN2O. The van der Waals surface area contributed by atoms with Gasteiger partial charge in [0, 0.05) is 22.4 Å². The van der Waals surface area contributed by atoms with Crippen molar-refractivity contribution in [2.45, 2.75) is 19.9 Å². The van der Waals surface area contributed by atoms with Gasteiger partial charge in [-0.3, -0.25) is 4.79 Å². The molecule has 0 spiro atoms. The molecular weight excluding hydrogens is 347 g/mol. The van der Waals surface area contributed by atoms with Crippen LogP contribution in [-0.4, -0.2) is 10.5 Å². The number of halogens is 3. The quantitative estimate of drug-likeness (QED) is 0.833. The Morgan fingerprint density at radius 3 is 2.70 bits per heavy atom. The van der Waals surface area contributed by atoms with Gasteiger partial charge in [0.15, 0.2) is 0 Å². The molecule has 106 valence electrons. The Morgan fingerprint density at radius 2 is 2.10 bits per heavy atom. The number of nitrogens with one attached hydrogen (secondary N) is 1. The maximum Gasteiger partial charge on any atom is 0.272 e. The van der Waals surface area contributed by atoms with Gasteiger partial charge >= 0.3 is 0 Å². The molecule has 1 aromatic carbocycles. The van der Waals surface area contributed by atoms with E-state index in [0.29, 0.717) is 11.4 Å². The first-order chi connectivity index (χ1) is 9.38. The summed E-state index contributed by atoms with van der Waals surface area (Å²) >= 11 is 8.95. The van der Waals surface area contributed by atoms with E-state index < -0.39 is 5.82 Å². The molecule has 1 amide bonds. The molecule has 20 heavy (non-hydrogen) atoms. The zero-order valence-electron chi connectivity index (χ0n) is 11.0. The zero-order chi connectivity index (χ0) is 14.9. The van der Waals surface area contributed by atoms with Gasteiger partial charge in [-0.05, 0) is 54.0 Å². The summed E-state index contributed by atoms with van der Waals surface area (Å²) in [5, 5.41) is 2.68. The molecule has 0 aliphatic carbocycles. The van der Waals surface area contributed by atoms with E-state index in [4.69, 9.17) is 11.6 Å². The third-order valence-corrected chi connectivity index (χ3v) is 3.52. The lowest BCUT2D eigenvalue weighted by atomic mass is 10.3. The number of aromatic nitrogens is 1. The summed E-state index contributed by atoms with van der Waals surface area (Å²) < 4.78 is 16.0. The largest absolute Gasteiger partial charge is 0.340 e. The van der Waals surface area contributed by atoms with Crippen molar-refractivity contribution in [1.82, 2.24) is 4.57 Å². The molecule has 2 rings (SSSR count). The van der Waals surface area contributed by atoms with E-state index in [0.717, 1.165) is 4.47 Å². The number of nitrogens with zero attached hydrogens (tertiary/aromatic N) is 1. The van der Waals surface area contributed by atoms with Crippen molar-refractivity contribution in [1.29, 1.82) is 0 Å². The lowest BCUT2D eigenvalue weighted by molar-refractivity contribution is 0.101. The summed E-state index contributed by atoms with van der Waals surface area (Å²) in [5.74, 6) is -0.865. The highest BCUT2D eigenvalue weighted by Crippen LogP contribution is 2.22. The van der Waals surface area contributed by atoms with Crippen LogP contribution >= 0.6 is 27.5 Å². The van der Waals surface area contributed by atoms with Gasteiger partial charge < -0.3 is 9.88 Å². The summed E-state index contributed by atoms with van der Waals surface area (Å²) in [7, 11) is 0. The Balaban J connectivity index is 2.26. The first-order valence-corrected chi connectivity index (χ1v) is 7.19. The number of hydrogen-bond acceptors (Lipinski definition) is 1. The predicted molar refractivity (Wildman–Crippen MR) is 81.9 cm³/mol. The van der Waals surface area contributed by atoms with Gasteiger partial charge in [0.1, 0.15) is 11.5 Å². The van der Waals surface area contributed by atoms with Crippen LogP contribution in [0.1, 0.15) is 30.4 Å². The molecule has 1 N–H and O–H groups in total. The second kappa shape index (κ2) is 5.97. The molecule has 0 aliphatic rings. The van der Waals surface area contributed by atoms with Crippen LogP contribution in [0.3, 0.4) is 0 Å². The molecule has 0 aliphatic heterocycles. The summed E-state index contributed by atoms with van der Waals surface area (Å²) in [6, 6.07) is 6.02. The number of carbonyl (C=O) groups is 1. The van der Waals surface area contributed by atoms with Crippen LogP contribution in [0.2, 0.25) is 5.02 Å². The lowest BCUT2D eigenvalue weighted by Crippen LogP contribution is -2.17. The van der Waals surface area contributed by atoms with Crippen LogP contribution in [0.4, 0.5) is 10.1 Å². The van der Waals surface area contributed by atoms with Crippen LogP contribution in [-0.2, 0) is 0 Å². The van der Waals surface area contributed by atoms with Crippen molar-refractivity contribution in [3.05, 3.63) is 51.5 Å². The van der Waals surface area contributed by atoms with Crippen molar-refractivity contribution >= 4 is 39.1 Å². The summed E-state index contributed by atoms with van der Waals surface area (Å²) in [5.41, 5.74) is 0.867. The fourth-order valence-electron chi connectivity index (χ4n) is 1.82. The minimum atomic E-state index is -0.565. The molecule has 0 saturated carbocycles. The molecule has 0 radical (unpaired) electrons. The molecule has 0 atom stereocenters. The zero-order valence-corrected chi connectivity index (χ0v) is 13.3. The van der Waals surface area contributed by atoms with Gasteiger partial charge in [0.25, 0.3) is 5.91 Å². The average Bonchev–Trinajstić information content (AvgIpc) is 2.76. The third kappa shape index (κ3) is 3.22. The summed E-state index contributed by atoms with van der Waals surface area (Å²) in [4.78, 5) is 12.2. The summed E-state index contributed by atoms with van der Waals surface area (Å²) in [6.45, 7) is 3.95. The van der Waals surface area contributed by atoms with E-state index in [-0.39, 0.29) is 17.0 Å². The van der Waals surface area contributed by atoms with E-state index in [2.05, 4.69) is 21.2 Å². The lowest BCUT2D eigenvalue weighted by Gasteiger charge is -2.12. The fraction of sp³-hybridized carbons (Fsp3) is 0.214. The molecule has 6 heteroatoms. The highest BCUT2D eigenvalue weighted by molar-refractivity contribution is 9.10. The molecule has 2 aromatic rings. The fourth-order valence-corrected chi connectivity index (χ4v) is 2.38. The number of benzene rings is 1. The molecule has 0 fully saturated rings. The standard InChI is InChI=1S/C14H13BrClFN2O/c1-8(2)19-7-9(15)5-13(19)14(20)18-10-3-4-11(16)12(17)6-10/h3-8H,1-2H3,(H,18,20). The number of rotatable bonds is 3. The monoisotopic (exact) mass is 358 g/mol. The molecule has 3 nitrogen and oxygen atoms in total. The Kier molecular flexibility index (Phi) is 4.50. The van der Waals surface area contributed by atoms with Gasteiger partial charge in [-0.15, -0.1) is 0 Å². The number of carbonyl (C=O) groups excluding carboxylic acids is 1. The predicted octanol–water partition coefficient (Wildman–Crippen LogP) is 4.88. The van der Waals surface area contributed by atoms with Gasteiger partial charge in [0.05, 0.1) is 5.02 Å². The SMILES string of the molecule is CC(C)n1cc(Br)cc1C(=O)Nc1ccc(Cl)c(F)c1. The average molecular weight is 360 g/mol. The van der Waals surface area contributed by atoms with Gasteiger partial charge in [-0.2, -0.15) is 0 Å². The van der Waals surface area contributed by atoms with E-state index in [1.807, 2.05) is 24.6 Å². The number of hydrogen-bond donors (Lipinski definition) is 1. The van der Waals surface area contributed by atoms with Crippen LogP contribution in [0.15, 0.2) is 34.9 Å². The van der Waals surface area contributed by atoms with Gasteiger partial charge in [-0.25, -0.2) is 4.39 Å². The second-order valence-corrected chi connectivity index (χ2v) is 5.95. The third-order valence-electron chi connectivity index (χ3n) is 2.78. The van der Waals surface area contributed by atoms with Crippen LogP contribution < -0.4 is 5.32 Å².